The summed E-state index contributed by atoms with van der Waals surface area (Å²) < 4.78 is 4.59. The summed E-state index contributed by atoms with van der Waals surface area (Å²) in [7, 11) is 1.84. The highest BCUT2D eigenvalue weighted by Crippen LogP contribution is 2.27. The molecular formula is C17H17BrN4O2. The van der Waals surface area contributed by atoms with Gasteiger partial charge in [-0.1, -0.05) is 6.92 Å². The molecular weight excluding hydrogens is 372 g/mol. The SMILES string of the molecule is CCC(=Cc1c(C)nn(C)c1-n1ccc2cc(Br)cnc21)C(=O)O. The predicted molar refractivity (Wildman–Crippen MR) is 96.2 cm³/mol. The predicted octanol–water partition coefficient (Wildman–Crippen LogP) is 3.71. The molecule has 24 heavy (non-hydrogen) atoms. The Hall–Kier alpha value is -2.41. The maximum atomic E-state index is 11.4. The number of halogens is 1. The fourth-order valence-electron chi connectivity index (χ4n) is 2.77. The number of carboxylic acids is 1. The molecule has 0 saturated carbocycles. The first-order valence-electron chi connectivity index (χ1n) is 7.52. The van der Waals surface area contributed by atoms with Crippen LogP contribution in [0, 0.1) is 6.92 Å². The third kappa shape index (κ3) is 2.75. The van der Waals surface area contributed by atoms with E-state index in [9.17, 15) is 9.90 Å². The average molecular weight is 389 g/mol. The van der Waals surface area contributed by atoms with Crippen molar-refractivity contribution in [1.29, 1.82) is 0 Å². The van der Waals surface area contributed by atoms with E-state index in [1.807, 2.05) is 43.8 Å². The smallest absolute Gasteiger partial charge is 0.331 e. The van der Waals surface area contributed by atoms with Crippen molar-refractivity contribution in [1.82, 2.24) is 19.3 Å². The third-order valence-corrected chi connectivity index (χ3v) is 4.37. The number of hydrogen-bond donors (Lipinski definition) is 1. The van der Waals surface area contributed by atoms with E-state index in [1.165, 1.54) is 0 Å². The number of aromatic nitrogens is 4. The minimum absolute atomic E-state index is 0.347. The number of pyridine rings is 1. The van der Waals surface area contributed by atoms with Crippen LogP contribution >= 0.6 is 15.9 Å². The summed E-state index contributed by atoms with van der Waals surface area (Å²) in [5.74, 6) is -0.115. The Morgan fingerprint density at radius 3 is 2.88 bits per heavy atom. The van der Waals surface area contributed by atoms with E-state index in [2.05, 4.69) is 26.0 Å². The van der Waals surface area contributed by atoms with Crippen LogP contribution in [-0.2, 0) is 11.8 Å². The van der Waals surface area contributed by atoms with Gasteiger partial charge in [0, 0.05) is 40.4 Å². The summed E-state index contributed by atoms with van der Waals surface area (Å²) in [6.07, 6.45) is 5.81. The van der Waals surface area contributed by atoms with E-state index in [4.69, 9.17) is 0 Å². The Labute approximate surface area is 147 Å². The minimum atomic E-state index is -0.911. The number of carbonyl (C=O) groups is 1. The molecule has 0 atom stereocenters. The van der Waals surface area contributed by atoms with Crippen LogP contribution in [0.1, 0.15) is 24.6 Å². The molecule has 0 aromatic carbocycles. The van der Waals surface area contributed by atoms with Gasteiger partial charge in [0.15, 0.2) is 0 Å². The highest BCUT2D eigenvalue weighted by atomic mass is 79.9. The van der Waals surface area contributed by atoms with Crippen LogP contribution in [0.3, 0.4) is 0 Å². The second-order valence-corrected chi connectivity index (χ2v) is 6.44. The van der Waals surface area contributed by atoms with E-state index in [0.717, 1.165) is 32.6 Å². The van der Waals surface area contributed by atoms with E-state index < -0.39 is 5.97 Å². The molecule has 0 unspecified atom stereocenters. The van der Waals surface area contributed by atoms with Gasteiger partial charge in [0.2, 0.25) is 0 Å². The molecule has 0 aliphatic rings. The highest BCUT2D eigenvalue weighted by molar-refractivity contribution is 9.10. The van der Waals surface area contributed by atoms with Crippen molar-refractivity contribution in [2.24, 2.45) is 7.05 Å². The number of aliphatic carboxylic acids is 1. The average Bonchev–Trinajstić information content (AvgIpc) is 3.04. The van der Waals surface area contributed by atoms with Crippen molar-refractivity contribution in [3.8, 4) is 5.82 Å². The van der Waals surface area contributed by atoms with Crippen LogP contribution < -0.4 is 0 Å². The molecule has 124 valence electrons. The van der Waals surface area contributed by atoms with Gasteiger partial charge in [0.1, 0.15) is 11.5 Å². The number of aryl methyl sites for hydroxylation is 2. The van der Waals surface area contributed by atoms with Gasteiger partial charge in [-0.25, -0.2) is 9.78 Å². The van der Waals surface area contributed by atoms with Crippen molar-refractivity contribution in [3.63, 3.8) is 0 Å². The largest absolute Gasteiger partial charge is 0.478 e. The van der Waals surface area contributed by atoms with Crippen LogP contribution in [0.25, 0.3) is 22.9 Å². The summed E-state index contributed by atoms with van der Waals surface area (Å²) in [4.78, 5) is 15.9. The van der Waals surface area contributed by atoms with Crippen molar-refractivity contribution in [2.45, 2.75) is 20.3 Å². The second-order valence-electron chi connectivity index (χ2n) is 5.53. The highest BCUT2D eigenvalue weighted by Gasteiger charge is 2.17. The molecule has 3 rings (SSSR count). The van der Waals surface area contributed by atoms with Gasteiger partial charge in [-0.15, -0.1) is 0 Å². The number of carboxylic acid groups (broad SMARTS) is 1. The van der Waals surface area contributed by atoms with Gasteiger partial charge >= 0.3 is 5.97 Å². The molecule has 3 aromatic heterocycles. The summed E-state index contributed by atoms with van der Waals surface area (Å²) >= 11 is 3.42. The van der Waals surface area contributed by atoms with Gasteiger partial charge in [0.25, 0.3) is 0 Å². The monoisotopic (exact) mass is 388 g/mol. The number of hydrogen-bond acceptors (Lipinski definition) is 3. The first-order chi connectivity index (χ1) is 11.4. The first kappa shape index (κ1) is 16.4. The van der Waals surface area contributed by atoms with E-state index in [1.54, 1.807) is 17.0 Å². The Kier molecular flexibility index (Phi) is 4.28. The van der Waals surface area contributed by atoms with Crippen molar-refractivity contribution >= 4 is 39.0 Å². The molecule has 0 radical (unpaired) electrons. The summed E-state index contributed by atoms with van der Waals surface area (Å²) in [5.41, 5.74) is 2.71. The van der Waals surface area contributed by atoms with E-state index >= 15 is 0 Å². The van der Waals surface area contributed by atoms with Crippen LogP contribution in [0.5, 0.6) is 0 Å². The lowest BCUT2D eigenvalue weighted by atomic mass is 10.1. The van der Waals surface area contributed by atoms with Crippen LogP contribution in [0.4, 0.5) is 0 Å². The Bertz CT molecular complexity index is 969. The lowest BCUT2D eigenvalue weighted by Crippen LogP contribution is -2.05. The summed E-state index contributed by atoms with van der Waals surface area (Å²) in [6.45, 7) is 3.70. The molecule has 0 fully saturated rings. The van der Waals surface area contributed by atoms with Crippen LogP contribution in [0.2, 0.25) is 0 Å². The van der Waals surface area contributed by atoms with Gasteiger partial charge in [-0.3, -0.25) is 9.25 Å². The second kappa shape index (κ2) is 6.24. The van der Waals surface area contributed by atoms with Gasteiger partial charge < -0.3 is 5.11 Å². The Balaban J connectivity index is 2.26. The van der Waals surface area contributed by atoms with E-state index in [-0.39, 0.29) is 0 Å². The normalized spacial score (nSPS) is 12.1. The molecule has 0 amide bonds. The van der Waals surface area contributed by atoms with Gasteiger partial charge in [-0.05, 0) is 47.5 Å². The van der Waals surface area contributed by atoms with E-state index in [0.29, 0.717) is 12.0 Å². The quantitative estimate of drug-likeness (QED) is 0.691. The van der Waals surface area contributed by atoms with Crippen molar-refractivity contribution < 1.29 is 9.90 Å². The Morgan fingerprint density at radius 2 is 2.21 bits per heavy atom. The standard InChI is InChI=1S/C17H17BrN4O2/c1-4-11(17(23)24)8-14-10(2)20-21(3)16(14)22-6-5-12-7-13(18)9-19-15(12)22/h5-9H,4H2,1-3H3,(H,23,24). The number of nitrogens with zero attached hydrogens (tertiary/aromatic N) is 4. The molecule has 0 saturated heterocycles. The summed E-state index contributed by atoms with van der Waals surface area (Å²) in [5, 5.41) is 14.8. The van der Waals surface area contributed by atoms with Crippen LogP contribution in [-0.4, -0.2) is 30.4 Å². The number of fused-ring (bicyclic) bond motifs is 1. The molecule has 3 aromatic rings. The zero-order valence-electron chi connectivity index (χ0n) is 13.6. The van der Waals surface area contributed by atoms with Crippen molar-refractivity contribution in [3.05, 3.63) is 45.8 Å². The molecule has 6 nitrogen and oxygen atoms in total. The van der Waals surface area contributed by atoms with Crippen molar-refractivity contribution in [2.75, 3.05) is 0 Å². The Morgan fingerprint density at radius 1 is 1.46 bits per heavy atom. The molecule has 1 N–H and O–H groups in total. The zero-order valence-corrected chi connectivity index (χ0v) is 15.2. The fourth-order valence-corrected chi connectivity index (χ4v) is 3.12. The lowest BCUT2D eigenvalue weighted by molar-refractivity contribution is -0.132. The minimum Gasteiger partial charge on any atom is -0.478 e. The summed E-state index contributed by atoms with van der Waals surface area (Å²) in [6, 6.07) is 3.97. The zero-order chi connectivity index (χ0) is 17.4. The van der Waals surface area contributed by atoms with Gasteiger partial charge in [0.05, 0.1) is 5.69 Å². The van der Waals surface area contributed by atoms with Crippen LogP contribution in [0.15, 0.2) is 34.6 Å². The molecule has 0 aliphatic heterocycles. The van der Waals surface area contributed by atoms with Gasteiger partial charge in [-0.2, -0.15) is 5.10 Å². The topological polar surface area (TPSA) is 72.9 Å². The molecule has 7 heteroatoms. The third-order valence-electron chi connectivity index (χ3n) is 3.93. The lowest BCUT2D eigenvalue weighted by Gasteiger charge is -2.08. The molecule has 0 aliphatic carbocycles. The maximum absolute atomic E-state index is 11.4. The molecule has 0 spiro atoms. The fraction of sp³-hybridized carbons (Fsp3) is 0.235. The number of rotatable bonds is 4. The molecule has 3 heterocycles. The molecule has 0 bridgehead atoms. The maximum Gasteiger partial charge on any atom is 0.331 e. The first-order valence-corrected chi connectivity index (χ1v) is 8.32.